The van der Waals surface area contributed by atoms with E-state index in [2.05, 4.69) is 34.5 Å². The minimum Gasteiger partial charge on any atom is -0.383 e. The molecular formula is C14H20N2O. The Bertz CT molecular complexity index is 374. The fourth-order valence-electron chi connectivity index (χ4n) is 2.74. The van der Waals surface area contributed by atoms with Crippen LogP contribution in [0.4, 0.5) is 11.4 Å². The van der Waals surface area contributed by atoms with E-state index in [1.165, 1.54) is 30.6 Å². The van der Waals surface area contributed by atoms with E-state index in [9.17, 15) is 0 Å². The topological polar surface area (TPSA) is 24.5 Å². The fraction of sp³-hybridized carbons (Fsp3) is 0.571. The van der Waals surface area contributed by atoms with Gasteiger partial charge in [-0.3, -0.25) is 0 Å². The summed E-state index contributed by atoms with van der Waals surface area (Å²) in [5.74, 6) is 0. The number of hydrogen-bond donors (Lipinski definition) is 1. The van der Waals surface area contributed by atoms with Crippen molar-refractivity contribution >= 4 is 11.4 Å². The van der Waals surface area contributed by atoms with Gasteiger partial charge < -0.3 is 15.0 Å². The van der Waals surface area contributed by atoms with Crippen molar-refractivity contribution in [2.24, 2.45) is 0 Å². The van der Waals surface area contributed by atoms with Crippen molar-refractivity contribution in [1.29, 1.82) is 0 Å². The van der Waals surface area contributed by atoms with Gasteiger partial charge in [-0.2, -0.15) is 0 Å². The summed E-state index contributed by atoms with van der Waals surface area (Å²) in [5.41, 5.74) is 2.60. The van der Waals surface area contributed by atoms with Gasteiger partial charge in [-0.05, 0) is 31.4 Å². The van der Waals surface area contributed by atoms with Crippen molar-refractivity contribution in [1.82, 2.24) is 0 Å². The van der Waals surface area contributed by atoms with Crippen LogP contribution >= 0.6 is 0 Å². The quantitative estimate of drug-likeness (QED) is 0.848. The SMILES string of the molecule is c1ccc2c(c1)NCCCN2CC1CCCO1. The van der Waals surface area contributed by atoms with Gasteiger partial charge in [0.1, 0.15) is 0 Å². The van der Waals surface area contributed by atoms with Crippen molar-refractivity contribution in [2.75, 3.05) is 36.5 Å². The third-order valence-electron chi connectivity index (χ3n) is 3.61. The third-order valence-corrected chi connectivity index (χ3v) is 3.61. The number of anilines is 2. The lowest BCUT2D eigenvalue weighted by Gasteiger charge is -2.27. The molecule has 1 unspecified atom stereocenters. The molecule has 3 nitrogen and oxygen atoms in total. The molecule has 0 saturated carbocycles. The molecule has 1 atom stereocenters. The number of para-hydroxylation sites is 2. The largest absolute Gasteiger partial charge is 0.383 e. The van der Waals surface area contributed by atoms with Gasteiger partial charge in [-0.25, -0.2) is 0 Å². The molecule has 3 heteroatoms. The van der Waals surface area contributed by atoms with Crippen molar-refractivity contribution in [3.63, 3.8) is 0 Å². The highest BCUT2D eigenvalue weighted by molar-refractivity contribution is 5.70. The molecule has 1 aromatic carbocycles. The highest BCUT2D eigenvalue weighted by atomic mass is 16.5. The molecule has 0 aliphatic carbocycles. The zero-order valence-corrected chi connectivity index (χ0v) is 10.2. The van der Waals surface area contributed by atoms with Crippen molar-refractivity contribution in [2.45, 2.75) is 25.4 Å². The van der Waals surface area contributed by atoms with Crippen LogP contribution in [0.2, 0.25) is 0 Å². The number of rotatable bonds is 2. The van der Waals surface area contributed by atoms with E-state index in [-0.39, 0.29) is 0 Å². The summed E-state index contributed by atoms with van der Waals surface area (Å²) in [5, 5.41) is 3.50. The van der Waals surface area contributed by atoms with E-state index in [1.54, 1.807) is 0 Å². The highest BCUT2D eigenvalue weighted by Gasteiger charge is 2.21. The van der Waals surface area contributed by atoms with E-state index in [1.807, 2.05) is 0 Å². The molecule has 0 amide bonds. The molecule has 1 N–H and O–H groups in total. The summed E-state index contributed by atoms with van der Waals surface area (Å²) in [6, 6.07) is 8.60. The lowest BCUT2D eigenvalue weighted by atomic mass is 10.2. The predicted molar refractivity (Wildman–Crippen MR) is 70.7 cm³/mol. The fourth-order valence-corrected chi connectivity index (χ4v) is 2.74. The Morgan fingerprint density at radius 1 is 1.29 bits per heavy atom. The monoisotopic (exact) mass is 232 g/mol. The number of hydrogen-bond acceptors (Lipinski definition) is 3. The maximum absolute atomic E-state index is 5.75. The van der Waals surface area contributed by atoms with Crippen LogP contribution in [-0.2, 0) is 4.74 Å². The number of nitrogens with zero attached hydrogens (tertiary/aromatic N) is 1. The smallest absolute Gasteiger partial charge is 0.0750 e. The summed E-state index contributed by atoms with van der Waals surface area (Å²) in [7, 11) is 0. The van der Waals surface area contributed by atoms with Crippen LogP contribution in [0.1, 0.15) is 19.3 Å². The van der Waals surface area contributed by atoms with E-state index < -0.39 is 0 Å². The zero-order valence-electron chi connectivity index (χ0n) is 10.2. The van der Waals surface area contributed by atoms with Crippen LogP contribution in [0.3, 0.4) is 0 Å². The molecule has 0 bridgehead atoms. The summed E-state index contributed by atoms with van der Waals surface area (Å²) < 4.78 is 5.75. The van der Waals surface area contributed by atoms with Crippen molar-refractivity contribution in [3.8, 4) is 0 Å². The Balaban J connectivity index is 1.78. The van der Waals surface area contributed by atoms with Crippen LogP contribution in [0.5, 0.6) is 0 Å². The van der Waals surface area contributed by atoms with E-state index in [4.69, 9.17) is 4.74 Å². The Morgan fingerprint density at radius 3 is 3.12 bits per heavy atom. The number of ether oxygens (including phenoxy) is 1. The minimum absolute atomic E-state index is 0.432. The normalized spacial score (nSPS) is 24.0. The van der Waals surface area contributed by atoms with Crippen molar-refractivity contribution in [3.05, 3.63) is 24.3 Å². The number of benzene rings is 1. The third kappa shape index (κ3) is 2.39. The van der Waals surface area contributed by atoms with E-state index >= 15 is 0 Å². The standard InChI is InChI=1S/C14H20N2O/c1-2-7-14-13(6-1)15-8-4-9-16(14)11-12-5-3-10-17-12/h1-2,6-7,12,15H,3-5,8-11H2. The van der Waals surface area contributed by atoms with Crippen LogP contribution in [-0.4, -0.2) is 32.3 Å². The molecule has 1 fully saturated rings. The second-order valence-corrected chi connectivity index (χ2v) is 4.88. The molecule has 3 rings (SSSR count). The molecule has 2 aliphatic rings. The molecule has 1 saturated heterocycles. The van der Waals surface area contributed by atoms with Gasteiger partial charge in [0.05, 0.1) is 17.5 Å². The van der Waals surface area contributed by atoms with E-state index in [0.717, 1.165) is 26.2 Å². The van der Waals surface area contributed by atoms with E-state index in [0.29, 0.717) is 6.10 Å². The summed E-state index contributed by atoms with van der Waals surface area (Å²) in [6.45, 7) is 4.18. The van der Waals surface area contributed by atoms with Gasteiger partial charge >= 0.3 is 0 Å². The highest BCUT2D eigenvalue weighted by Crippen LogP contribution is 2.29. The summed E-state index contributed by atoms with van der Waals surface area (Å²) >= 11 is 0. The lowest BCUT2D eigenvalue weighted by molar-refractivity contribution is 0.115. The maximum atomic E-state index is 5.75. The van der Waals surface area contributed by atoms with Crippen LogP contribution in [0.15, 0.2) is 24.3 Å². The molecule has 92 valence electrons. The first-order valence-electron chi connectivity index (χ1n) is 6.63. The average molecular weight is 232 g/mol. The second-order valence-electron chi connectivity index (χ2n) is 4.88. The number of nitrogens with one attached hydrogen (secondary N) is 1. The van der Waals surface area contributed by atoms with Gasteiger partial charge in [0.15, 0.2) is 0 Å². The van der Waals surface area contributed by atoms with Crippen LogP contribution < -0.4 is 10.2 Å². The van der Waals surface area contributed by atoms with Gasteiger partial charge in [-0.1, -0.05) is 12.1 Å². The first-order chi connectivity index (χ1) is 8.43. The Morgan fingerprint density at radius 2 is 2.24 bits per heavy atom. The molecule has 1 aromatic rings. The first-order valence-corrected chi connectivity index (χ1v) is 6.63. The average Bonchev–Trinajstić information content (AvgIpc) is 2.78. The minimum atomic E-state index is 0.432. The Hall–Kier alpha value is -1.22. The molecule has 0 radical (unpaired) electrons. The van der Waals surface area contributed by atoms with Gasteiger partial charge in [-0.15, -0.1) is 0 Å². The molecule has 0 spiro atoms. The molecule has 0 aromatic heterocycles. The van der Waals surface area contributed by atoms with Crippen molar-refractivity contribution < 1.29 is 4.74 Å². The lowest BCUT2D eigenvalue weighted by Crippen LogP contribution is -2.32. The Labute approximate surface area is 103 Å². The Kier molecular flexibility index (Phi) is 3.18. The van der Waals surface area contributed by atoms with Gasteiger partial charge in [0, 0.05) is 26.2 Å². The maximum Gasteiger partial charge on any atom is 0.0750 e. The number of fused-ring (bicyclic) bond motifs is 1. The molecule has 17 heavy (non-hydrogen) atoms. The molecule has 2 aliphatic heterocycles. The van der Waals surface area contributed by atoms with Gasteiger partial charge in [0.2, 0.25) is 0 Å². The zero-order chi connectivity index (χ0) is 11.5. The predicted octanol–water partition coefficient (Wildman–Crippen LogP) is 2.49. The van der Waals surface area contributed by atoms with Gasteiger partial charge in [0.25, 0.3) is 0 Å². The molecular weight excluding hydrogens is 212 g/mol. The summed E-state index contributed by atoms with van der Waals surface area (Å²) in [6.07, 6.45) is 4.06. The molecule has 2 heterocycles. The summed E-state index contributed by atoms with van der Waals surface area (Å²) in [4.78, 5) is 2.48. The van der Waals surface area contributed by atoms with Crippen LogP contribution in [0, 0.1) is 0 Å². The first kappa shape index (κ1) is 10.9. The van der Waals surface area contributed by atoms with Crippen LogP contribution in [0.25, 0.3) is 0 Å². The second kappa shape index (κ2) is 4.96.